The van der Waals surface area contributed by atoms with E-state index in [9.17, 15) is 9.50 Å². The Hall–Kier alpha value is -2.98. The first-order valence-electron chi connectivity index (χ1n) is 10.9. The van der Waals surface area contributed by atoms with Gasteiger partial charge in [0.2, 0.25) is 5.95 Å². The molecule has 33 heavy (non-hydrogen) atoms. The zero-order valence-corrected chi connectivity index (χ0v) is 19.5. The van der Waals surface area contributed by atoms with E-state index in [0.29, 0.717) is 41.5 Å². The molecule has 0 unspecified atom stereocenters. The lowest BCUT2D eigenvalue weighted by Crippen LogP contribution is -2.41. The second kappa shape index (κ2) is 7.81. The number of nitrogen functional groups attached to an aromatic ring is 1. The average Bonchev–Trinajstić information content (AvgIpc) is 3.37. The van der Waals surface area contributed by atoms with Crippen molar-refractivity contribution in [2.75, 3.05) is 17.2 Å². The van der Waals surface area contributed by atoms with Crippen molar-refractivity contribution in [3.63, 3.8) is 0 Å². The second-order valence-corrected chi connectivity index (χ2v) is 9.85. The van der Waals surface area contributed by atoms with E-state index in [-0.39, 0.29) is 16.9 Å². The first-order valence-corrected chi connectivity index (χ1v) is 11.3. The lowest BCUT2D eigenvalue weighted by molar-refractivity contribution is 0.0577. The normalized spacial score (nSPS) is 19.6. The smallest absolute Gasteiger partial charge is 0.223 e. The zero-order valence-electron chi connectivity index (χ0n) is 18.7. The Labute approximate surface area is 195 Å². The summed E-state index contributed by atoms with van der Waals surface area (Å²) in [5, 5.41) is 19.6. The van der Waals surface area contributed by atoms with Crippen molar-refractivity contribution in [3.05, 3.63) is 41.2 Å². The summed E-state index contributed by atoms with van der Waals surface area (Å²) in [6.45, 7) is 6.81. The fourth-order valence-electron chi connectivity index (χ4n) is 4.48. The molecule has 1 saturated heterocycles. The summed E-state index contributed by atoms with van der Waals surface area (Å²) < 4.78 is 17.4. The molecule has 9 nitrogen and oxygen atoms in total. The molecule has 3 N–H and O–H groups in total. The summed E-state index contributed by atoms with van der Waals surface area (Å²) in [5.74, 6) is 0.341. The molecule has 0 radical (unpaired) electrons. The highest BCUT2D eigenvalue weighted by Gasteiger charge is 2.30. The van der Waals surface area contributed by atoms with Gasteiger partial charge < -0.3 is 15.7 Å². The van der Waals surface area contributed by atoms with E-state index in [1.165, 1.54) is 16.6 Å². The number of anilines is 2. The van der Waals surface area contributed by atoms with E-state index in [1.54, 1.807) is 18.5 Å². The Kier molecular flexibility index (Phi) is 5.17. The van der Waals surface area contributed by atoms with E-state index in [1.807, 2.05) is 12.4 Å². The molecule has 0 bridgehead atoms. The summed E-state index contributed by atoms with van der Waals surface area (Å²) in [4.78, 5) is 11.3. The molecule has 0 amide bonds. The summed E-state index contributed by atoms with van der Waals surface area (Å²) in [7, 11) is 0. The molecule has 3 aromatic heterocycles. The van der Waals surface area contributed by atoms with Gasteiger partial charge in [-0.2, -0.15) is 9.61 Å². The van der Waals surface area contributed by atoms with Crippen molar-refractivity contribution in [2.45, 2.75) is 57.7 Å². The third kappa shape index (κ3) is 4.08. The number of nitrogens with two attached hydrogens (primary N) is 1. The number of aliphatic hydroxyl groups is 1. The van der Waals surface area contributed by atoms with Crippen LogP contribution in [0.15, 0.2) is 24.5 Å². The minimum Gasteiger partial charge on any atom is -0.389 e. The van der Waals surface area contributed by atoms with Gasteiger partial charge in [-0.1, -0.05) is 11.6 Å². The number of halogens is 2. The van der Waals surface area contributed by atoms with Crippen LogP contribution < -0.4 is 10.6 Å². The van der Waals surface area contributed by atoms with Crippen LogP contribution in [-0.4, -0.2) is 52.7 Å². The molecule has 2 atom stereocenters. The summed E-state index contributed by atoms with van der Waals surface area (Å²) in [6, 6.07) is 3.10. The molecule has 0 aliphatic carbocycles. The van der Waals surface area contributed by atoms with Gasteiger partial charge in [-0.05, 0) is 45.7 Å². The Balaban J connectivity index is 1.48. The number of piperidine rings is 1. The van der Waals surface area contributed by atoms with Crippen molar-refractivity contribution >= 4 is 39.8 Å². The molecular formula is C22H26ClFN8O. The van der Waals surface area contributed by atoms with Crippen molar-refractivity contribution in [1.29, 1.82) is 0 Å². The maximum Gasteiger partial charge on any atom is 0.223 e. The van der Waals surface area contributed by atoms with Gasteiger partial charge in [-0.15, -0.1) is 5.10 Å². The van der Waals surface area contributed by atoms with Gasteiger partial charge in [0, 0.05) is 30.1 Å². The molecule has 11 heteroatoms. The molecule has 4 aromatic rings. The maximum atomic E-state index is 14.1. The zero-order chi connectivity index (χ0) is 23.5. The highest BCUT2D eigenvalue weighted by atomic mass is 35.5. The quantitative estimate of drug-likeness (QED) is 0.468. The third-order valence-electron chi connectivity index (χ3n) is 6.10. The second-order valence-electron chi connectivity index (χ2n) is 9.44. The van der Waals surface area contributed by atoms with Crippen LogP contribution in [0.4, 0.5) is 16.0 Å². The predicted molar refractivity (Wildman–Crippen MR) is 125 cm³/mol. The monoisotopic (exact) mass is 472 g/mol. The average molecular weight is 473 g/mol. The predicted octanol–water partition coefficient (Wildman–Crippen LogP) is 3.39. The first kappa shape index (κ1) is 21.8. The Morgan fingerprint density at radius 2 is 2.06 bits per heavy atom. The van der Waals surface area contributed by atoms with Crippen molar-refractivity contribution < 1.29 is 9.50 Å². The fourth-order valence-corrected chi connectivity index (χ4v) is 4.63. The third-order valence-corrected chi connectivity index (χ3v) is 6.39. The number of rotatable bonds is 4. The van der Waals surface area contributed by atoms with Gasteiger partial charge in [0.1, 0.15) is 5.82 Å². The summed E-state index contributed by atoms with van der Waals surface area (Å²) >= 11 is 5.92. The van der Waals surface area contributed by atoms with E-state index in [2.05, 4.69) is 27.0 Å². The van der Waals surface area contributed by atoms with Crippen LogP contribution in [0.3, 0.4) is 0 Å². The number of hydrogen-bond acceptors (Lipinski definition) is 7. The molecule has 0 spiro atoms. The fraction of sp³-hybridized carbons (Fsp3) is 0.455. The van der Waals surface area contributed by atoms with Crippen LogP contribution >= 0.6 is 11.6 Å². The highest BCUT2D eigenvalue weighted by Crippen LogP contribution is 2.33. The summed E-state index contributed by atoms with van der Waals surface area (Å²) in [5.41, 5.74) is 7.20. The van der Waals surface area contributed by atoms with Gasteiger partial charge in [0.15, 0.2) is 11.5 Å². The van der Waals surface area contributed by atoms with Crippen molar-refractivity contribution in [3.8, 4) is 0 Å². The molecular weight excluding hydrogens is 447 g/mol. The van der Waals surface area contributed by atoms with Crippen molar-refractivity contribution in [2.24, 2.45) is 0 Å². The van der Waals surface area contributed by atoms with E-state index in [0.717, 1.165) is 18.5 Å². The van der Waals surface area contributed by atoms with Crippen LogP contribution in [0.2, 0.25) is 5.02 Å². The SMILES string of the molecule is C[C@H]1CC[C@@H](c2nc3c4cc(F)c(Cl)cc4nc(N)n3n2)CN1c1cnn(CC(C)(C)O)c1. The lowest BCUT2D eigenvalue weighted by atomic mass is 9.92. The number of benzene rings is 1. The molecule has 1 aliphatic heterocycles. The molecule has 4 heterocycles. The van der Waals surface area contributed by atoms with Crippen molar-refractivity contribution in [1.82, 2.24) is 29.4 Å². The first-order chi connectivity index (χ1) is 15.6. The standard InChI is InChI=1S/C22H26ClFN8O/c1-12-4-5-13(9-31(12)14-8-26-30(10-14)11-22(2,3)33)19-28-20-15-6-17(24)16(23)7-18(15)27-21(25)32(20)29-19/h6-8,10,12-13,33H,4-5,9,11H2,1-3H3,(H2,25,27)/t12-,13+/m0/s1. The molecule has 1 fully saturated rings. The number of fused-ring (bicyclic) bond motifs is 3. The minimum atomic E-state index is -0.847. The van der Waals surface area contributed by atoms with Gasteiger partial charge in [-0.3, -0.25) is 4.68 Å². The molecule has 0 saturated carbocycles. The highest BCUT2D eigenvalue weighted by molar-refractivity contribution is 6.31. The van der Waals surface area contributed by atoms with Crippen LogP contribution in [0.25, 0.3) is 16.6 Å². The van der Waals surface area contributed by atoms with Gasteiger partial charge >= 0.3 is 0 Å². The topological polar surface area (TPSA) is 110 Å². The maximum absolute atomic E-state index is 14.1. The van der Waals surface area contributed by atoms with Gasteiger partial charge in [0.05, 0.1) is 34.6 Å². The largest absolute Gasteiger partial charge is 0.389 e. The Morgan fingerprint density at radius 1 is 1.27 bits per heavy atom. The van der Waals surface area contributed by atoms with E-state index in [4.69, 9.17) is 22.3 Å². The van der Waals surface area contributed by atoms with Crippen LogP contribution in [-0.2, 0) is 6.54 Å². The number of hydrogen-bond donors (Lipinski definition) is 2. The van der Waals surface area contributed by atoms with Crippen LogP contribution in [0.1, 0.15) is 45.4 Å². The minimum absolute atomic E-state index is 0.0134. The van der Waals surface area contributed by atoms with E-state index >= 15 is 0 Å². The van der Waals surface area contributed by atoms with Gasteiger partial charge in [-0.25, -0.2) is 14.4 Å². The molecule has 5 rings (SSSR count). The summed E-state index contributed by atoms with van der Waals surface area (Å²) in [6.07, 6.45) is 5.65. The van der Waals surface area contributed by atoms with Crippen LogP contribution in [0, 0.1) is 5.82 Å². The van der Waals surface area contributed by atoms with Gasteiger partial charge in [0.25, 0.3) is 0 Å². The Morgan fingerprint density at radius 3 is 2.82 bits per heavy atom. The Bertz CT molecular complexity index is 1340. The van der Waals surface area contributed by atoms with E-state index < -0.39 is 11.4 Å². The lowest BCUT2D eigenvalue weighted by Gasteiger charge is -2.37. The molecule has 1 aliphatic rings. The number of nitrogens with zero attached hydrogens (tertiary/aromatic N) is 7. The molecule has 174 valence electrons. The molecule has 1 aromatic carbocycles. The van der Waals surface area contributed by atoms with Crippen LogP contribution in [0.5, 0.6) is 0 Å². The number of aromatic nitrogens is 6.